The van der Waals surface area contributed by atoms with Gasteiger partial charge in [0, 0.05) is 25.4 Å². The van der Waals surface area contributed by atoms with Crippen LogP contribution >= 0.6 is 0 Å². The van der Waals surface area contributed by atoms with Gasteiger partial charge in [0.05, 0.1) is 17.2 Å². The maximum absolute atomic E-state index is 10.4. The Bertz CT molecular complexity index is 329. The highest BCUT2D eigenvalue weighted by molar-refractivity contribution is 5.30. The van der Waals surface area contributed by atoms with Crippen LogP contribution in [0.2, 0.25) is 0 Å². The van der Waals surface area contributed by atoms with Gasteiger partial charge >= 0.3 is 0 Å². The van der Waals surface area contributed by atoms with E-state index in [0.29, 0.717) is 0 Å². The van der Waals surface area contributed by atoms with Crippen molar-refractivity contribution in [2.24, 2.45) is 0 Å². The van der Waals surface area contributed by atoms with Crippen molar-refractivity contribution in [3.63, 3.8) is 0 Å². The molecule has 0 aliphatic rings. The van der Waals surface area contributed by atoms with Crippen LogP contribution in [0.5, 0.6) is 0 Å². The Morgan fingerprint density at radius 3 is 3.07 bits per heavy atom. The molecule has 0 aromatic carbocycles. The van der Waals surface area contributed by atoms with E-state index in [-0.39, 0.29) is 18.0 Å². The van der Waals surface area contributed by atoms with Crippen molar-refractivity contribution < 1.29 is 14.8 Å². The molecule has 1 aromatic heterocycles. The van der Waals surface area contributed by atoms with Crippen molar-refractivity contribution in [3.8, 4) is 0 Å². The van der Waals surface area contributed by atoms with E-state index in [9.17, 15) is 15.2 Å². The van der Waals surface area contributed by atoms with E-state index in [1.165, 1.54) is 25.4 Å². The van der Waals surface area contributed by atoms with Gasteiger partial charge in [-0.05, 0) is 0 Å². The average Bonchev–Trinajstić information content (AvgIpc) is 2.18. The summed E-state index contributed by atoms with van der Waals surface area (Å²) in [6.45, 7) is 0.0637. The predicted molar refractivity (Wildman–Crippen MR) is 47.7 cm³/mol. The fraction of sp³-hybridized carbons (Fsp3) is 0.375. The van der Waals surface area contributed by atoms with Gasteiger partial charge in [-0.25, -0.2) is 0 Å². The summed E-state index contributed by atoms with van der Waals surface area (Å²) < 4.78 is 4.70. The zero-order chi connectivity index (χ0) is 10.6. The van der Waals surface area contributed by atoms with Crippen molar-refractivity contribution in [2.45, 2.75) is 6.10 Å². The summed E-state index contributed by atoms with van der Waals surface area (Å²) in [5, 5.41) is 19.8. The second-order valence-electron chi connectivity index (χ2n) is 2.67. The highest BCUT2D eigenvalue weighted by atomic mass is 16.6. The minimum absolute atomic E-state index is 0.0637. The van der Waals surface area contributed by atoms with Crippen LogP contribution in [0.3, 0.4) is 0 Å². The molecule has 1 aromatic rings. The maximum atomic E-state index is 10.4. The van der Waals surface area contributed by atoms with Gasteiger partial charge in [0.15, 0.2) is 0 Å². The number of nitrogens with zero attached hydrogens (tertiary/aromatic N) is 2. The molecule has 0 aliphatic carbocycles. The van der Waals surface area contributed by atoms with Crippen molar-refractivity contribution >= 4 is 5.69 Å². The van der Waals surface area contributed by atoms with Crippen LogP contribution in [0.4, 0.5) is 5.69 Å². The molecule has 0 saturated heterocycles. The van der Waals surface area contributed by atoms with Gasteiger partial charge in [0.1, 0.15) is 6.10 Å². The van der Waals surface area contributed by atoms with Crippen LogP contribution in [-0.4, -0.2) is 28.7 Å². The average molecular weight is 198 g/mol. The Morgan fingerprint density at radius 2 is 2.50 bits per heavy atom. The van der Waals surface area contributed by atoms with Gasteiger partial charge in [-0.2, -0.15) is 0 Å². The second-order valence-corrected chi connectivity index (χ2v) is 2.67. The maximum Gasteiger partial charge on any atom is 0.272 e. The molecule has 6 nitrogen and oxygen atoms in total. The lowest BCUT2D eigenvalue weighted by atomic mass is 10.2. The van der Waals surface area contributed by atoms with Gasteiger partial charge in [0.2, 0.25) is 0 Å². The van der Waals surface area contributed by atoms with E-state index in [1.807, 2.05) is 0 Å². The quantitative estimate of drug-likeness (QED) is 0.567. The minimum Gasteiger partial charge on any atom is -0.384 e. The highest BCUT2D eigenvalue weighted by Crippen LogP contribution is 2.16. The number of hydrogen-bond acceptors (Lipinski definition) is 5. The van der Waals surface area contributed by atoms with Crippen LogP contribution in [0, 0.1) is 10.1 Å². The van der Waals surface area contributed by atoms with Crippen LogP contribution in [0.25, 0.3) is 0 Å². The van der Waals surface area contributed by atoms with E-state index < -0.39 is 11.0 Å². The Labute approximate surface area is 80.3 Å². The fourth-order valence-electron chi connectivity index (χ4n) is 0.976. The molecule has 0 amide bonds. The summed E-state index contributed by atoms with van der Waals surface area (Å²) in [7, 11) is 1.43. The molecule has 1 N–H and O–H groups in total. The van der Waals surface area contributed by atoms with Crippen LogP contribution in [0.15, 0.2) is 18.3 Å². The first-order valence-corrected chi connectivity index (χ1v) is 3.92. The lowest BCUT2D eigenvalue weighted by molar-refractivity contribution is -0.385. The molecular weight excluding hydrogens is 188 g/mol. The lowest BCUT2D eigenvalue weighted by Gasteiger charge is -2.07. The molecule has 76 valence electrons. The predicted octanol–water partition coefficient (Wildman–Crippen LogP) is 0.670. The highest BCUT2D eigenvalue weighted by Gasteiger charge is 2.13. The molecule has 1 atom stereocenters. The van der Waals surface area contributed by atoms with Gasteiger partial charge < -0.3 is 9.84 Å². The first kappa shape index (κ1) is 10.6. The summed E-state index contributed by atoms with van der Waals surface area (Å²) in [6.07, 6.45) is 0.353. The molecule has 0 saturated carbocycles. The van der Waals surface area contributed by atoms with Gasteiger partial charge in [-0.1, -0.05) is 0 Å². The van der Waals surface area contributed by atoms with E-state index in [2.05, 4.69) is 4.98 Å². The second kappa shape index (κ2) is 4.64. The Kier molecular flexibility index (Phi) is 3.49. The van der Waals surface area contributed by atoms with Gasteiger partial charge in [-0.15, -0.1) is 0 Å². The summed E-state index contributed by atoms with van der Waals surface area (Å²) in [6, 6.07) is 2.49. The van der Waals surface area contributed by atoms with Crippen LogP contribution < -0.4 is 0 Å². The molecule has 0 spiro atoms. The standard InChI is InChI=1S/C8H10N2O4/c1-14-5-8(11)7-4-6(10(12)13)2-3-9-7/h2-4,8,11H,5H2,1H3. The SMILES string of the molecule is COCC(O)c1cc([N+](=O)[O-])ccn1. The van der Waals surface area contributed by atoms with Crippen molar-refractivity contribution in [2.75, 3.05) is 13.7 Å². The fourth-order valence-corrected chi connectivity index (χ4v) is 0.976. The number of aromatic nitrogens is 1. The molecule has 0 aliphatic heterocycles. The third kappa shape index (κ3) is 2.48. The molecule has 1 rings (SSSR count). The third-order valence-corrected chi connectivity index (χ3v) is 1.64. The number of rotatable bonds is 4. The largest absolute Gasteiger partial charge is 0.384 e. The molecule has 6 heteroatoms. The van der Waals surface area contributed by atoms with Gasteiger partial charge in [0.25, 0.3) is 5.69 Å². The van der Waals surface area contributed by atoms with Crippen molar-refractivity contribution in [3.05, 3.63) is 34.1 Å². The molecule has 1 heterocycles. The number of nitro groups is 1. The zero-order valence-electron chi connectivity index (χ0n) is 7.58. The minimum atomic E-state index is -0.931. The Hall–Kier alpha value is -1.53. The van der Waals surface area contributed by atoms with Crippen molar-refractivity contribution in [1.29, 1.82) is 0 Å². The number of aliphatic hydroxyl groups excluding tert-OH is 1. The Morgan fingerprint density at radius 1 is 1.79 bits per heavy atom. The molecule has 0 bridgehead atoms. The Balaban J connectivity index is 2.87. The van der Waals surface area contributed by atoms with Gasteiger partial charge in [-0.3, -0.25) is 15.1 Å². The number of pyridine rings is 1. The number of hydrogen-bond donors (Lipinski definition) is 1. The normalized spacial score (nSPS) is 12.4. The molecule has 14 heavy (non-hydrogen) atoms. The summed E-state index contributed by atoms with van der Waals surface area (Å²) in [5.74, 6) is 0. The van der Waals surface area contributed by atoms with E-state index in [0.717, 1.165) is 0 Å². The third-order valence-electron chi connectivity index (χ3n) is 1.64. The van der Waals surface area contributed by atoms with E-state index >= 15 is 0 Å². The number of aliphatic hydroxyl groups is 1. The monoisotopic (exact) mass is 198 g/mol. The van der Waals surface area contributed by atoms with Crippen LogP contribution in [-0.2, 0) is 4.74 Å². The molecular formula is C8H10N2O4. The zero-order valence-corrected chi connectivity index (χ0v) is 7.58. The topological polar surface area (TPSA) is 85.5 Å². The molecule has 0 radical (unpaired) electrons. The number of methoxy groups -OCH3 is 1. The molecule has 1 unspecified atom stereocenters. The molecule has 0 fully saturated rings. The summed E-state index contributed by atoms with van der Waals surface area (Å²) in [4.78, 5) is 13.7. The number of ether oxygens (including phenoxy) is 1. The smallest absolute Gasteiger partial charge is 0.272 e. The van der Waals surface area contributed by atoms with Crippen LogP contribution in [0.1, 0.15) is 11.8 Å². The van der Waals surface area contributed by atoms with E-state index in [1.54, 1.807) is 0 Å². The first-order valence-electron chi connectivity index (χ1n) is 3.92. The summed E-state index contributed by atoms with van der Waals surface area (Å²) in [5.41, 5.74) is 0.145. The van der Waals surface area contributed by atoms with E-state index in [4.69, 9.17) is 4.74 Å². The van der Waals surface area contributed by atoms with Crippen molar-refractivity contribution in [1.82, 2.24) is 4.98 Å². The summed E-state index contributed by atoms with van der Waals surface area (Å²) >= 11 is 0. The first-order chi connectivity index (χ1) is 6.65. The lowest BCUT2D eigenvalue weighted by Crippen LogP contribution is -2.07.